The van der Waals surface area contributed by atoms with E-state index < -0.39 is 0 Å². The van der Waals surface area contributed by atoms with Gasteiger partial charge in [0.25, 0.3) is 0 Å². The van der Waals surface area contributed by atoms with Crippen LogP contribution in [0.15, 0.2) is 30.5 Å². The van der Waals surface area contributed by atoms with Crippen LogP contribution in [0.5, 0.6) is 0 Å². The van der Waals surface area contributed by atoms with Crippen molar-refractivity contribution in [1.29, 1.82) is 5.41 Å². The predicted octanol–water partition coefficient (Wildman–Crippen LogP) is 2.13. The highest BCUT2D eigenvalue weighted by Crippen LogP contribution is 2.18. The Kier molecular flexibility index (Phi) is 5.07. The molecule has 0 amide bonds. The van der Waals surface area contributed by atoms with Crippen LogP contribution in [0.3, 0.4) is 0 Å². The molecule has 5 N–H and O–H groups in total. The Hall–Kier alpha value is -1.97. The van der Waals surface area contributed by atoms with Gasteiger partial charge in [0.05, 0.1) is 23.6 Å². The lowest BCUT2D eigenvalue weighted by Crippen LogP contribution is -2.13. The molecule has 1 rings (SSSR count). The fraction of sp³-hybridized carbons (Fsp3) is 0.308. The van der Waals surface area contributed by atoms with Crippen molar-refractivity contribution in [3.05, 3.63) is 36.0 Å². The zero-order valence-corrected chi connectivity index (χ0v) is 10.4. The lowest BCUT2D eigenvalue weighted by Gasteiger charge is -2.09. The molecule has 0 heterocycles. The molecule has 0 bridgehead atoms. The highest BCUT2D eigenvalue weighted by Gasteiger charge is 1.99. The van der Waals surface area contributed by atoms with Crippen molar-refractivity contribution in [3.8, 4) is 0 Å². The summed E-state index contributed by atoms with van der Waals surface area (Å²) in [6.45, 7) is 5.36. The maximum atomic E-state index is 7.71. The third-order valence-corrected chi connectivity index (χ3v) is 2.28. The van der Waals surface area contributed by atoms with Gasteiger partial charge in [0.1, 0.15) is 0 Å². The van der Waals surface area contributed by atoms with Crippen molar-refractivity contribution in [3.63, 3.8) is 0 Å². The number of benzene rings is 1. The van der Waals surface area contributed by atoms with Crippen LogP contribution in [0.1, 0.15) is 12.5 Å². The van der Waals surface area contributed by atoms with Gasteiger partial charge < -0.3 is 21.8 Å². The Morgan fingerprint density at radius 1 is 1.47 bits per heavy atom. The SMILES string of the molecule is CCN/C=C\C(=N)CNc1cc(C)ccc1N. The second-order valence-corrected chi connectivity index (χ2v) is 3.86. The minimum Gasteiger partial charge on any atom is -0.397 e. The van der Waals surface area contributed by atoms with Gasteiger partial charge in [-0.1, -0.05) is 6.07 Å². The first-order chi connectivity index (χ1) is 8.13. The van der Waals surface area contributed by atoms with Gasteiger partial charge >= 0.3 is 0 Å². The Morgan fingerprint density at radius 3 is 2.94 bits per heavy atom. The van der Waals surface area contributed by atoms with Crippen LogP contribution >= 0.6 is 0 Å². The third kappa shape index (κ3) is 4.59. The molecule has 0 spiro atoms. The second-order valence-electron chi connectivity index (χ2n) is 3.86. The van der Waals surface area contributed by atoms with Gasteiger partial charge in [0.15, 0.2) is 0 Å². The third-order valence-electron chi connectivity index (χ3n) is 2.28. The molecule has 17 heavy (non-hydrogen) atoms. The Labute approximate surface area is 102 Å². The zero-order chi connectivity index (χ0) is 12.7. The van der Waals surface area contributed by atoms with Crippen LogP contribution in [0.25, 0.3) is 0 Å². The second kappa shape index (κ2) is 6.58. The summed E-state index contributed by atoms with van der Waals surface area (Å²) in [6, 6.07) is 5.82. The van der Waals surface area contributed by atoms with E-state index in [1.807, 2.05) is 32.0 Å². The summed E-state index contributed by atoms with van der Waals surface area (Å²) in [5, 5.41) is 13.9. The van der Waals surface area contributed by atoms with Gasteiger partial charge in [-0.2, -0.15) is 0 Å². The van der Waals surface area contributed by atoms with E-state index in [0.717, 1.165) is 17.8 Å². The molecule has 0 saturated heterocycles. The van der Waals surface area contributed by atoms with Crippen molar-refractivity contribution < 1.29 is 0 Å². The molecule has 0 aliphatic carbocycles. The van der Waals surface area contributed by atoms with Crippen LogP contribution < -0.4 is 16.4 Å². The number of aryl methyl sites for hydroxylation is 1. The van der Waals surface area contributed by atoms with Gasteiger partial charge in [0.2, 0.25) is 0 Å². The molecule has 0 aliphatic rings. The molecule has 0 aliphatic heterocycles. The number of nitrogens with one attached hydrogen (secondary N) is 3. The molecule has 4 heteroatoms. The summed E-state index contributed by atoms with van der Waals surface area (Å²) >= 11 is 0. The first-order valence-corrected chi connectivity index (χ1v) is 5.71. The topological polar surface area (TPSA) is 73.9 Å². The average molecular weight is 232 g/mol. The van der Waals surface area contributed by atoms with E-state index in [2.05, 4.69) is 10.6 Å². The zero-order valence-electron chi connectivity index (χ0n) is 10.4. The standard InChI is InChI=1S/C13H20N4/c1-3-16-7-6-11(14)9-17-13-8-10(2)4-5-12(13)15/h4-8,14,16-17H,3,9,15H2,1-2H3/b7-6-,14-11?. The largest absolute Gasteiger partial charge is 0.397 e. The molecule has 1 aromatic carbocycles. The molecule has 0 aromatic heterocycles. The Balaban J connectivity index is 2.50. The summed E-state index contributed by atoms with van der Waals surface area (Å²) in [5.74, 6) is 0. The lowest BCUT2D eigenvalue weighted by molar-refractivity contribution is 0.920. The van der Waals surface area contributed by atoms with Crippen molar-refractivity contribution in [2.24, 2.45) is 0 Å². The van der Waals surface area contributed by atoms with E-state index in [9.17, 15) is 0 Å². The summed E-state index contributed by atoms with van der Waals surface area (Å²) in [5.41, 5.74) is 9.08. The van der Waals surface area contributed by atoms with Crippen LogP contribution in [0.4, 0.5) is 11.4 Å². The molecule has 0 unspecified atom stereocenters. The number of hydrogen-bond donors (Lipinski definition) is 4. The van der Waals surface area contributed by atoms with Crippen LogP contribution in [0, 0.1) is 12.3 Å². The molecular formula is C13H20N4. The fourth-order valence-electron chi connectivity index (χ4n) is 1.35. The molecular weight excluding hydrogens is 212 g/mol. The first kappa shape index (κ1) is 13.1. The minimum atomic E-state index is 0.468. The Morgan fingerprint density at radius 2 is 2.24 bits per heavy atom. The van der Waals surface area contributed by atoms with Crippen molar-refractivity contribution in [2.75, 3.05) is 24.1 Å². The molecule has 0 fully saturated rings. The normalized spacial score (nSPS) is 10.5. The average Bonchev–Trinajstić information content (AvgIpc) is 2.31. The molecule has 4 nitrogen and oxygen atoms in total. The van der Waals surface area contributed by atoms with E-state index in [1.165, 1.54) is 0 Å². The van der Waals surface area contributed by atoms with Gasteiger partial charge in [-0.25, -0.2) is 0 Å². The van der Waals surface area contributed by atoms with E-state index in [-0.39, 0.29) is 0 Å². The highest BCUT2D eigenvalue weighted by molar-refractivity contribution is 5.95. The number of rotatable bonds is 6. The van der Waals surface area contributed by atoms with E-state index in [1.54, 1.807) is 12.3 Å². The van der Waals surface area contributed by atoms with Crippen LogP contribution in [-0.4, -0.2) is 18.8 Å². The maximum Gasteiger partial charge on any atom is 0.0579 e. The van der Waals surface area contributed by atoms with Crippen molar-refractivity contribution in [2.45, 2.75) is 13.8 Å². The van der Waals surface area contributed by atoms with Gasteiger partial charge in [-0.3, -0.25) is 0 Å². The molecule has 1 aromatic rings. The summed E-state index contributed by atoms with van der Waals surface area (Å²) in [6.07, 6.45) is 3.52. The summed E-state index contributed by atoms with van der Waals surface area (Å²) < 4.78 is 0. The van der Waals surface area contributed by atoms with Gasteiger partial charge in [-0.15, -0.1) is 0 Å². The lowest BCUT2D eigenvalue weighted by atomic mass is 10.2. The molecule has 0 radical (unpaired) electrons. The number of nitrogen functional groups attached to an aromatic ring is 1. The van der Waals surface area contributed by atoms with Crippen LogP contribution in [0.2, 0.25) is 0 Å². The fourth-order valence-corrected chi connectivity index (χ4v) is 1.35. The Bertz CT molecular complexity index is 410. The number of hydrogen-bond acceptors (Lipinski definition) is 4. The molecule has 92 valence electrons. The van der Waals surface area contributed by atoms with Gasteiger partial charge in [0, 0.05) is 6.54 Å². The van der Waals surface area contributed by atoms with E-state index in [4.69, 9.17) is 11.1 Å². The summed E-state index contributed by atoms with van der Waals surface area (Å²) in [4.78, 5) is 0. The monoisotopic (exact) mass is 232 g/mol. The highest BCUT2D eigenvalue weighted by atomic mass is 14.9. The van der Waals surface area contributed by atoms with Crippen molar-refractivity contribution in [1.82, 2.24) is 5.32 Å². The molecule has 0 saturated carbocycles. The predicted molar refractivity (Wildman–Crippen MR) is 74.6 cm³/mol. The number of anilines is 2. The van der Waals surface area contributed by atoms with E-state index in [0.29, 0.717) is 17.9 Å². The van der Waals surface area contributed by atoms with Gasteiger partial charge in [-0.05, 0) is 43.8 Å². The molecule has 0 atom stereocenters. The maximum absolute atomic E-state index is 7.71. The quantitative estimate of drug-likeness (QED) is 0.448. The first-order valence-electron chi connectivity index (χ1n) is 5.71. The van der Waals surface area contributed by atoms with Crippen molar-refractivity contribution >= 4 is 17.1 Å². The smallest absolute Gasteiger partial charge is 0.0579 e. The number of nitrogens with two attached hydrogens (primary N) is 1. The van der Waals surface area contributed by atoms with E-state index >= 15 is 0 Å². The minimum absolute atomic E-state index is 0.468. The summed E-state index contributed by atoms with van der Waals surface area (Å²) in [7, 11) is 0. The van der Waals surface area contributed by atoms with Crippen LogP contribution in [-0.2, 0) is 0 Å².